The molecule has 2 atom stereocenters. The summed E-state index contributed by atoms with van der Waals surface area (Å²) in [5.74, 6) is -0.986. The number of rotatable bonds is 5. The molecule has 0 aromatic heterocycles. The third-order valence-electron chi connectivity index (χ3n) is 3.90. The fraction of sp³-hybridized carbons (Fsp3) is 0.600. The Morgan fingerprint density at radius 1 is 1.40 bits per heavy atom. The van der Waals surface area contributed by atoms with Gasteiger partial charge in [-0.2, -0.15) is 0 Å². The van der Waals surface area contributed by atoms with Gasteiger partial charge in [-0.05, 0) is 44.4 Å². The molecule has 1 saturated heterocycles. The van der Waals surface area contributed by atoms with E-state index in [0.29, 0.717) is 6.54 Å². The number of aliphatic hydroxyl groups is 1. The van der Waals surface area contributed by atoms with E-state index in [2.05, 4.69) is 5.32 Å². The number of hydrogen-bond acceptors (Lipinski definition) is 3. The molecule has 0 radical (unpaired) electrons. The molecule has 1 fully saturated rings. The number of benzene rings is 1. The van der Waals surface area contributed by atoms with Crippen molar-refractivity contribution in [1.82, 2.24) is 5.32 Å². The first-order valence-electron chi connectivity index (χ1n) is 6.90. The highest BCUT2D eigenvalue weighted by molar-refractivity contribution is 5.31. The number of hydrogen-bond donors (Lipinski definition) is 2. The van der Waals surface area contributed by atoms with Crippen LogP contribution in [-0.2, 0) is 10.3 Å². The largest absolute Gasteiger partial charge is 0.394 e. The average Bonchev–Trinajstić information content (AvgIpc) is 2.93. The van der Waals surface area contributed by atoms with E-state index in [1.165, 1.54) is 6.92 Å². The van der Waals surface area contributed by atoms with Gasteiger partial charge in [-0.15, -0.1) is 0 Å². The predicted octanol–water partition coefficient (Wildman–Crippen LogP) is 2.25. The van der Waals surface area contributed by atoms with Crippen molar-refractivity contribution >= 4 is 0 Å². The second-order valence-electron chi connectivity index (χ2n) is 5.59. The van der Waals surface area contributed by atoms with E-state index in [1.54, 1.807) is 6.92 Å². The van der Waals surface area contributed by atoms with Crippen LogP contribution in [0.2, 0.25) is 0 Å². The van der Waals surface area contributed by atoms with Crippen molar-refractivity contribution < 1.29 is 18.6 Å². The van der Waals surface area contributed by atoms with Gasteiger partial charge in [0.05, 0.1) is 18.2 Å². The summed E-state index contributed by atoms with van der Waals surface area (Å²) < 4.78 is 33.2. The molecule has 0 aliphatic carbocycles. The van der Waals surface area contributed by atoms with E-state index in [9.17, 15) is 13.9 Å². The Kier molecular flexibility index (Phi) is 4.73. The highest BCUT2D eigenvalue weighted by Gasteiger charge is 2.31. The molecule has 2 rings (SSSR count). The molecule has 3 nitrogen and oxygen atoms in total. The summed E-state index contributed by atoms with van der Waals surface area (Å²) in [4.78, 5) is 0. The van der Waals surface area contributed by atoms with E-state index in [-0.39, 0.29) is 23.8 Å². The predicted molar refractivity (Wildman–Crippen MR) is 72.5 cm³/mol. The van der Waals surface area contributed by atoms with E-state index in [0.717, 1.165) is 31.6 Å². The van der Waals surface area contributed by atoms with Gasteiger partial charge in [0.25, 0.3) is 0 Å². The SMILES string of the molecule is Cc1cc(F)c(C(C)(CO)NCC2CCCO2)cc1F. The third-order valence-corrected chi connectivity index (χ3v) is 3.90. The van der Waals surface area contributed by atoms with E-state index >= 15 is 0 Å². The lowest BCUT2D eigenvalue weighted by molar-refractivity contribution is 0.0901. The summed E-state index contributed by atoms with van der Waals surface area (Å²) in [6, 6.07) is 2.32. The first kappa shape index (κ1) is 15.4. The first-order valence-corrected chi connectivity index (χ1v) is 6.90. The Balaban J connectivity index is 2.18. The lowest BCUT2D eigenvalue weighted by Gasteiger charge is -2.31. The van der Waals surface area contributed by atoms with Crippen LogP contribution in [0, 0.1) is 18.6 Å². The van der Waals surface area contributed by atoms with E-state index in [4.69, 9.17) is 4.74 Å². The van der Waals surface area contributed by atoms with Crippen LogP contribution >= 0.6 is 0 Å². The molecule has 1 aromatic carbocycles. The quantitative estimate of drug-likeness (QED) is 0.872. The minimum atomic E-state index is -1.02. The molecule has 2 unspecified atom stereocenters. The second-order valence-corrected chi connectivity index (χ2v) is 5.59. The zero-order chi connectivity index (χ0) is 14.8. The van der Waals surface area contributed by atoms with Gasteiger partial charge < -0.3 is 15.2 Å². The van der Waals surface area contributed by atoms with Crippen LogP contribution < -0.4 is 5.32 Å². The molecular weight excluding hydrogens is 264 g/mol. The molecular formula is C15H21F2NO2. The summed E-state index contributed by atoms with van der Waals surface area (Å²) >= 11 is 0. The molecule has 1 aliphatic rings. The lowest BCUT2D eigenvalue weighted by atomic mass is 9.91. The third kappa shape index (κ3) is 3.16. The van der Waals surface area contributed by atoms with Gasteiger partial charge in [-0.25, -0.2) is 8.78 Å². The highest BCUT2D eigenvalue weighted by Crippen LogP contribution is 2.26. The standard InChI is InChI=1S/C15H21F2NO2/c1-10-6-14(17)12(7-13(10)16)15(2,9-19)18-8-11-4-3-5-20-11/h6-7,11,18-19H,3-5,8-9H2,1-2H3. The Hall–Kier alpha value is -1.04. The summed E-state index contributed by atoms with van der Waals surface area (Å²) in [6.07, 6.45) is 2.02. The monoisotopic (exact) mass is 285 g/mol. The van der Waals surface area contributed by atoms with Crippen molar-refractivity contribution in [3.63, 3.8) is 0 Å². The molecule has 0 spiro atoms. The lowest BCUT2D eigenvalue weighted by Crippen LogP contribution is -2.46. The Morgan fingerprint density at radius 2 is 2.15 bits per heavy atom. The van der Waals surface area contributed by atoms with E-state index < -0.39 is 17.2 Å². The highest BCUT2D eigenvalue weighted by atomic mass is 19.1. The molecule has 112 valence electrons. The van der Waals surface area contributed by atoms with E-state index in [1.807, 2.05) is 0 Å². The van der Waals surface area contributed by atoms with Crippen molar-refractivity contribution in [2.45, 2.75) is 38.3 Å². The van der Waals surface area contributed by atoms with Gasteiger partial charge in [-0.1, -0.05) is 0 Å². The van der Waals surface area contributed by atoms with Crippen molar-refractivity contribution in [3.05, 3.63) is 34.9 Å². The van der Waals surface area contributed by atoms with Gasteiger partial charge in [-0.3, -0.25) is 0 Å². The summed E-state index contributed by atoms with van der Waals surface area (Å²) in [7, 11) is 0. The molecule has 0 bridgehead atoms. The molecule has 1 heterocycles. The van der Waals surface area contributed by atoms with Crippen molar-refractivity contribution in [2.75, 3.05) is 19.8 Å². The van der Waals surface area contributed by atoms with Crippen LogP contribution in [0.1, 0.15) is 30.9 Å². The smallest absolute Gasteiger partial charge is 0.128 e. The normalized spacial score (nSPS) is 21.9. The zero-order valence-corrected chi connectivity index (χ0v) is 11.9. The van der Waals surface area contributed by atoms with Gasteiger partial charge in [0, 0.05) is 18.7 Å². The molecule has 0 amide bonds. The van der Waals surface area contributed by atoms with Crippen molar-refractivity contribution in [2.24, 2.45) is 0 Å². The molecule has 1 aliphatic heterocycles. The Morgan fingerprint density at radius 3 is 2.75 bits per heavy atom. The van der Waals surface area contributed by atoms with Crippen LogP contribution in [0.5, 0.6) is 0 Å². The fourth-order valence-corrected chi connectivity index (χ4v) is 2.45. The maximum atomic E-state index is 14.1. The van der Waals surface area contributed by atoms with Crippen LogP contribution in [0.25, 0.3) is 0 Å². The number of halogens is 2. The average molecular weight is 285 g/mol. The minimum absolute atomic E-state index is 0.0687. The van der Waals surface area contributed by atoms with Gasteiger partial charge >= 0.3 is 0 Å². The number of aliphatic hydroxyl groups excluding tert-OH is 1. The molecule has 2 N–H and O–H groups in total. The van der Waals surface area contributed by atoms with Crippen LogP contribution in [0.3, 0.4) is 0 Å². The Bertz CT molecular complexity index is 475. The first-order chi connectivity index (χ1) is 9.46. The molecule has 1 aromatic rings. The van der Waals surface area contributed by atoms with Gasteiger partial charge in [0.1, 0.15) is 11.6 Å². The maximum absolute atomic E-state index is 14.1. The molecule has 0 saturated carbocycles. The van der Waals surface area contributed by atoms with Crippen LogP contribution in [0.4, 0.5) is 8.78 Å². The van der Waals surface area contributed by atoms with Gasteiger partial charge in [0.2, 0.25) is 0 Å². The molecule has 5 heteroatoms. The summed E-state index contributed by atoms with van der Waals surface area (Å²) in [6.45, 7) is 4.09. The van der Waals surface area contributed by atoms with Gasteiger partial charge in [0.15, 0.2) is 0 Å². The minimum Gasteiger partial charge on any atom is -0.394 e. The number of nitrogens with one attached hydrogen (secondary N) is 1. The second kappa shape index (κ2) is 6.16. The molecule has 20 heavy (non-hydrogen) atoms. The maximum Gasteiger partial charge on any atom is 0.128 e. The zero-order valence-electron chi connectivity index (χ0n) is 11.9. The fourth-order valence-electron chi connectivity index (χ4n) is 2.45. The number of aryl methyl sites for hydroxylation is 1. The number of ether oxygens (including phenoxy) is 1. The van der Waals surface area contributed by atoms with Crippen molar-refractivity contribution in [3.8, 4) is 0 Å². The Labute approximate surface area is 117 Å². The topological polar surface area (TPSA) is 41.5 Å². The van der Waals surface area contributed by atoms with Crippen molar-refractivity contribution in [1.29, 1.82) is 0 Å². The van der Waals surface area contributed by atoms with Crippen LogP contribution in [0.15, 0.2) is 12.1 Å². The van der Waals surface area contributed by atoms with Crippen LogP contribution in [-0.4, -0.2) is 31.0 Å². The summed E-state index contributed by atoms with van der Waals surface area (Å²) in [5.41, 5.74) is -0.628. The summed E-state index contributed by atoms with van der Waals surface area (Å²) in [5, 5.41) is 12.7.